The van der Waals surface area contributed by atoms with Crippen LogP contribution in [0.2, 0.25) is 0 Å². The highest BCUT2D eigenvalue weighted by molar-refractivity contribution is 5.95. The summed E-state index contributed by atoms with van der Waals surface area (Å²) >= 11 is 0. The van der Waals surface area contributed by atoms with E-state index in [2.05, 4.69) is 5.32 Å². The molecule has 0 heterocycles. The molecule has 0 aliphatic carbocycles. The topological polar surface area (TPSA) is 130 Å². The van der Waals surface area contributed by atoms with Crippen LogP contribution in [0, 0.1) is 0 Å². The van der Waals surface area contributed by atoms with Crippen molar-refractivity contribution in [1.29, 1.82) is 0 Å². The Morgan fingerprint density at radius 1 is 0.920 bits per heavy atom. The van der Waals surface area contributed by atoms with Crippen LogP contribution in [0.4, 0.5) is 0 Å². The Morgan fingerprint density at radius 3 is 1.92 bits per heavy atom. The lowest BCUT2D eigenvalue weighted by molar-refractivity contribution is -0.138. The minimum Gasteiger partial charge on any atom is -0.480 e. The van der Waals surface area contributed by atoms with Crippen LogP contribution in [0.1, 0.15) is 15.9 Å². The van der Waals surface area contributed by atoms with Gasteiger partial charge in [0.15, 0.2) is 0 Å². The molecule has 2 aromatic rings. The van der Waals surface area contributed by atoms with E-state index in [0.29, 0.717) is 12.0 Å². The van der Waals surface area contributed by atoms with E-state index >= 15 is 0 Å². The zero-order valence-electron chi connectivity index (χ0n) is 13.5. The molecular formula is C18H20N2O5. The van der Waals surface area contributed by atoms with Gasteiger partial charge in [-0.15, -0.1) is 0 Å². The second-order valence-electron chi connectivity index (χ2n) is 5.08. The Balaban J connectivity index is 0.000000251. The standard InChI is InChI=1S/C9H9NO3.C9H11NO2/c11-8(12)6-10-9(13)7-4-2-1-3-5-7;10-8(9(11)12)6-7-4-2-1-3-5-7/h1-5H,6H2,(H,10,13)(H,11,12);1-5,8H,6,10H2,(H,11,12). The second kappa shape index (κ2) is 10.6. The molecule has 1 atom stereocenters. The molecule has 2 rings (SSSR count). The molecule has 5 N–H and O–H groups in total. The summed E-state index contributed by atoms with van der Waals surface area (Å²) in [4.78, 5) is 31.7. The van der Waals surface area contributed by atoms with E-state index in [1.807, 2.05) is 30.3 Å². The van der Waals surface area contributed by atoms with Crippen LogP contribution in [-0.2, 0) is 16.0 Å². The van der Waals surface area contributed by atoms with Crippen LogP contribution in [0.3, 0.4) is 0 Å². The van der Waals surface area contributed by atoms with Crippen molar-refractivity contribution in [3.8, 4) is 0 Å². The summed E-state index contributed by atoms with van der Waals surface area (Å²) in [6.07, 6.45) is 0.385. The molecule has 0 aliphatic rings. The van der Waals surface area contributed by atoms with Gasteiger partial charge in [-0.25, -0.2) is 0 Å². The average molecular weight is 344 g/mol. The third-order valence-electron chi connectivity index (χ3n) is 3.05. The molecule has 1 amide bonds. The third kappa shape index (κ3) is 8.29. The van der Waals surface area contributed by atoms with Crippen molar-refractivity contribution in [2.24, 2.45) is 5.73 Å². The van der Waals surface area contributed by atoms with Gasteiger partial charge in [0.1, 0.15) is 12.6 Å². The lowest BCUT2D eigenvalue weighted by Gasteiger charge is -2.04. The zero-order valence-corrected chi connectivity index (χ0v) is 13.5. The number of hydrogen-bond donors (Lipinski definition) is 4. The molecule has 0 bridgehead atoms. The molecule has 1 unspecified atom stereocenters. The fourth-order valence-corrected chi connectivity index (χ4v) is 1.80. The van der Waals surface area contributed by atoms with Crippen LogP contribution in [-0.4, -0.2) is 40.6 Å². The molecule has 7 nitrogen and oxygen atoms in total. The maximum Gasteiger partial charge on any atom is 0.322 e. The van der Waals surface area contributed by atoms with E-state index in [1.165, 1.54) is 0 Å². The van der Waals surface area contributed by atoms with Crippen molar-refractivity contribution in [3.05, 3.63) is 71.8 Å². The molecule has 25 heavy (non-hydrogen) atoms. The van der Waals surface area contributed by atoms with Gasteiger partial charge in [-0.2, -0.15) is 0 Å². The van der Waals surface area contributed by atoms with E-state index in [1.54, 1.807) is 30.3 Å². The van der Waals surface area contributed by atoms with E-state index in [9.17, 15) is 14.4 Å². The molecule has 132 valence electrons. The highest BCUT2D eigenvalue weighted by Crippen LogP contribution is 2.01. The summed E-state index contributed by atoms with van der Waals surface area (Å²) in [6.45, 7) is -0.353. The number of carbonyl (C=O) groups excluding carboxylic acids is 1. The minimum absolute atomic E-state index is 0.353. The lowest BCUT2D eigenvalue weighted by Crippen LogP contribution is -2.32. The maximum atomic E-state index is 11.2. The molecule has 7 heteroatoms. The molecule has 0 aromatic heterocycles. The fraction of sp³-hybridized carbons (Fsp3) is 0.167. The molecule has 2 aromatic carbocycles. The van der Waals surface area contributed by atoms with Crippen LogP contribution in [0.15, 0.2) is 60.7 Å². The zero-order chi connectivity index (χ0) is 18.7. The smallest absolute Gasteiger partial charge is 0.322 e. The number of benzene rings is 2. The number of aliphatic carboxylic acids is 2. The first-order valence-electron chi connectivity index (χ1n) is 7.47. The summed E-state index contributed by atoms with van der Waals surface area (Å²) in [7, 11) is 0. The number of carboxylic acid groups (broad SMARTS) is 2. The molecule has 0 radical (unpaired) electrons. The summed E-state index contributed by atoms with van der Waals surface area (Å²) in [5.74, 6) is -2.38. The van der Waals surface area contributed by atoms with E-state index < -0.39 is 18.0 Å². The predicted molar refractivity (Wildman–Crippen MR) is 92.2 cm³/mol. The number of hydrogen-bond acceptors (Lipinski definition) is 4. The van der Waals surface area contributed by atoms with E-state index in [0.717, 1.165) is 5.56 Å². The van der Waals surface area contributed by atoms with Crippen molar-refractivity contribution in [3.63, 3.8) is 0 Å². The Hall–Kier alpha value is -3.19. The number of carbonyl (C=O) groups is 3. The highest BCUT2D eigenvalue weighted by atomic mass is 16.4. The van der Waals surface area contributed by atoms with Crippen molar-refractivity contribution in [2.45, 2.75) is 12.5 Å². The Bertz CT molecular complexity index is 689. The van der Waals surface area contributed by atoms with Crippen molar-refractivity contribution < 1.29 is 24.6 Å². The minimum atomic E-state index is -1.05. The van der Waals surface area contributed by atoms with Gasteiger partial charge in [0.25, 0.3) is 5.91 Å². The van der Waals surface area contributed by atoms with E-state index in [4.69, 9.17) is 15.9 Å². The van der Waals surface area contributed by atoms with Crippen molar-refractivity contribution in [2.75, 3.05) is 6.54 Å². The predicted octanol–water partition coefficient (Wildman–Crippen LogP) is 1.14. The first kappa shape index (κ1) is 19.9. The number of nitrogens with two attached hydrogens (primary N) is 1. The van der Waals surface area contributed by atoms with Crippen molar-refractivity contribution in [1.82, 2.24) is 5.32 Å². The largest absolute Gasteiger partial charge is 0.480 e. The first-order valence-corrected chi connectivity index (χ1v) is 7.47. The highest BCUT2D eigenvalue weighted by Gasteiger charge is 2.11. The van der Waals surface area contributed by atoms with Gasteiger partial charge in [0.2, 0.25) is 0 Å². The number of nitrogens with one attached hydrogen (secondary N) is 1. The van der Waals surface area contributed by atoms with Gasteiger partial charge in [-0.1, -0.05) is 48.5 Å². The fourth-order valence-electron chi connectivity index (χ4n) is 1.80. The molecular weight excluding hydrogens is 324 g/mol. The number of carboxylic acids is 2. The lowest BCUT2D eigenvalue weighted by atomic mass is 10.1. The quantitative estimate of drug-likeness (QED) is 0.622. The summed E-state index contributed by atoms with van der Waals surface area (Å²) in [5.41, 5.74) is 6.76. The van der Waals surface area contributed by atoms with Gasteiger partial charge >= 0.3 is 11.9 Å². The second-order valence-corrected chi connectivity index (χ2v) is 5.08. The monoisotopic (exact) mass is 344 g/mol. The summed E-state index contributed by atoms with van der Waals surface area (Å²) in [6, 6.07) is 17.0. The summed E-state index contributed by atoms with van der Waals surface area (Å²) in [5, 5.41) is 19.1. The van der Waals surface area contributed by atoms with Crippen LogP contribution >= 0.6 is 0 Å². The van der Waals surface area contributed by atoms with Gasteiger partial charge in [0.05, 0.1) is 0 Å². The van der Waals surface area contributed by atoms with Gasteiger partial charge in [-0.05, 0) is 24.1 Å². The van der Waals surface area contributed by atoms with Crippen LogP contribution in [0.25, 0.3) is 0 Å². The van der Waals surface area contributed by atoms with Crippen LogP contribution in [0.5, 0.6) is 0 Å². The molecule has 0 aliphatic heterocycles. The molecule has 0 spiro atoms. The summed E-state index contributed by atoms with van der Waals surface area (Å²) < 4.78 is 0. The van der Waals surface area contributed by atoms with Gasteiger partial charge in [-0.3, -0.25) is 14.4 Å². The normalized spacial score (nSPS) is 10.8. The average Bonchev–Trinajstić information content (AvgIpc) is 2.61. The van der Waals surface area contributed by atoms with Crippen molar-refractivity contribution >= 4 is 17.8 Å². The number of amides is 1. The maximum absolute atomic E-state index is 11.2. The van der Waals surface area contributed by atoms with Gasteiger partial charge in [0, 0.05) is 5.56 Å². The Labute approximate surface area is 145 Å². The molecule has 0 saturated carbocycles. The third-order valence-corrected chi connectivity index (χ3v) is 3.05. The SMILES string of the molecule is NC(Cc1ccccc1)C(=O)O.O=C(O)CNC(=O)c1ccccc1. The Kier molecular flexibility index (Phi) is 8.39. The molecule has 0 saturated heterocycles. The van der Waals surface area contributed by atoms with Gasteiger partial charge < -0.3 is 21.3 Å². The van der Waals surface area contributed by atoms with Crippen LogP contribution < -0.4 is 11.1 Å². The number of rotatable bonds is 6. The van der Waals surface area contributed by atoms with E-state index in [-0.39, 0.29) is 12.5 Å². The Morgan fingerprint density at radius 2 is 1.44 bits per heavy atom. The molecule has 0 fully saturated rings. The first-order chi connectivity index (χ1) is 11.9.